The van der Waals surface area contributed by atoms with Gasteiger partial charge in [-0.1, -0.05) is 60.7 Å². The summed E-state index contributed by atoms with van der Waals surface area (Å²) >= 11 is 1.30. The Labute approximate surface area is 367 Å². The predicted octanol–water partition coefficient (Wildman–Crippen LogP) is 6.19. The molecule has 3 fully saturated rings. The summed E-state index contributed by atoms with van der Waals surface area (Å²) in [7, 11) is 0. The number of alkyl carbamates (subject to hydrolysis) is 1. The number of carbonyl (C=O) groups excluding carboxylic acids is 3. The molecule has 1 unspecified atom stereocenters. The van der Waals surface area contributed by atoms with Crippen LogP contribution in [0.15, 0.2) is 120 Å². The number of ether oxygens (including phenoxy) is 3. The van der Waals surface area contributed by atoms with Crippen LogP contribution in [-0.2, 0) is 22.6 Å². The number of pyridine rings is 1. The molecule has 3 aliphatic heterocycles. The van der Waals surface area contributed by atoms with E-state index in [1.54, 1.807) is 42.5 Å². The van der Waals surface area contributed by atoms with Crippen LogP contribution in [0.25, 0.3) is 10.9 Å². The van der Waals surface area contributed by atoms with Crippen molar-refractivity contribution in [2.45, 2.75) is 44.2 Å². The van der Waals surface area contributed by atoms with Gasteiger partial charge in [-0.3, -0.25) is 14.5 Å². The highest BCUT2D eigenvalue weighted by Crippen LogP contribution is 2.32. The Morgan fingerprint density at radius 3 is 2.46 bits per heavy atom. The second-order valence-corrected chi connectivity index (χ2v) is 16.9. The minimum atomic E-state index is -0.909. The first kappa shape index (κ1) is 43.1. The molecule has 0 radical (unpaired) electrons. The smallest absolute Gasteiger partial charge is 0.408 e. The number of aromatic hydroxyl groups is 1. The van der Waals surface area contributed by atoms with Gasteiger partial charge in [-0.2, -0.15) is 0 Å². The van der Waals surface area contributed by atoms with Gasteiger partial charge in [0.2, 0.25) is 5.56 Å². The monoisotopic (exact) mass is 871 g/mol. The average molecular weight is 872 g/mol. The number of phenols is 1. The van der Waals surface area contributed by atoms with E-state index in [0.29, 0.717) is 39.6 Å². The summed E-state index contributed by atoms with van der Waals surface area (Å²) in [5.41, 5.74) is 3.45. The minimum Gasteiger partial charge on any atom is -0.506 e. The van der Waals surface area contributed by atoms with Crippen molar-refractivity contribution in [1.82, 2.24) is 25.8 Å². The number of hydrogen-bond donors (Lipinski definition) is 6. The van der Waals surface area contributed by atoms with Gasteiger partial charge in [0.05, 0.1) is 34.6 Å². The number of carbonyl (C=O) groups is 3. The number of fused-ring (bicyclic) bond motifs is 4. The van der Waals surface area contributed by atoms with E-state index >= 15 is 0 Å². The van der Waals surface area contributed by atoms with E-state index in [2.05, 4.69) is 25.8 Å². The van der Waals surface area contributed by atoms with E-state index in [4.69, 9.17) is 14.2 Å². The molecule has 9 rings (SSSR count). The third-order valence-corrected chi connectivity index (χ3v) is 12.5. The summed E-state index contributed by atoms with van der Waals surface area (Å²) < 4.78 is 17.5. The Morgan fingerprint density at radius 1 is 0.889 bits per heavy atom. The Morgan fingerprint density at radius 2 is 1.68 bits per heavy atom. The van der Waals surface area contributed by atoms with Crippen LogP contribution in [0.5, 0.6) is 11.5 Å². The summed E-state index contributed by atoms with van der Waals surface area (Å²) in [4.78, 5) is 56.8. The first-order valence-electron chi connectivity index (χ1n) is 21.0. The van der Waals surface area contributed by atoms with E-state index in [-0.39, 0.29) is 55.1 Å². The minimum absolute atomic E-state index is 0.0143. The van der Waals surface area contributed by atoms with Gasteiger partial charge < -0.3 is 45.4 Å². The van der Waals surface area contributed by atoms with Crippen molar-refractivity contribution in [3.63, 3.8) is 0 Å². The van der Waals surface area contributed by atoms with Crippen molar-refractivity contribution in [1.29, 1.82) is 0 Å². The molecule has 2 bridgehead atoms. The molecule has 3 aliphatic rings. The Kier molecular flexibility index (Phi) is 13.8. The zero-order valence-corrected chi connectivity index (χ0v) is 35.3. The molecule has 0 aliphatic carbocycles. The van der Waals surface area contributed by atoms with Crippen LogP contribution in [0, 0.1) is 5.92 Å². The fourth-order valence-electron chi connectivity index (χ4n) is 8.09. The molecule has 14 nitrogen and oxygen atoms in total. The molecule has 5 heterocycles. The maximum absolute atomic E-state index is 13.2. The van der Waals surface area contributed by atoms with E-state index in [1.165, 1.54) is 23.5 Å². The number of nitrogens with one attached hydrogen (secondary N) is 4. The fourth-order valence-corrected chi connectivity index (χ4v) is 8.98. The highest BCUT2D eigenvalue weighted by Gasteiger charge is 2.37. The number of rotatable bonds is 17. The van der Waals surface area contributed by atoms with Gasteiger partial charge in [0.15, 0.2) is 0 Å². The van der Waals surface area contributed by atoms with Gasteiger partial charge >= 0.3 is 12.1 Å². The third kappa shape index (κ3) is 10.9. The lowest BCUT2D eigenvalue weighted by Gasteiger charge is -2.43. The van der Waals surface area contributed by atoms with Crippen molar-refractivity contribution < 1.29 is 38.8 Å². The molecule has 6 aromatic rings. The zero-order chi connectivity index (χ0) is 43.7. The Bertz CT molecular complexity index is 2590. The molecule has 2 amide bonds. The van der Waals surface area contributed by atoms with Gasteiger partial charge in [0, 0.05) is 36.0 Å². The van der Waals surface area contributed by atoms with Crippen molar-refractivity contribution >= 4 is 40.2 Å². The molecular weight excluding hydrogens is 823 g/mol. The molecule has 0 saturated carbocycles. The lowest BCUT2D eigenvalue weighted by atomic mass is 9.86. The van der Waals surface area contributed by atoms with Gasteiger partial charge in [-0.05, 0) is 103 Å². The summed E-state index contributed by atoms with van der Waals surface area (Å²) in [5, 5.41) is 30.5. The number of piperidine rings is 3. The van der Waals surface area contributed by atoms with Gasteiger partial charge in [0.25, 0.3) is 5.91 Å². The van der Waals surface area contributed by atoms with E-state index < -0.39 is 24.2 Å². The van der Waals surface area contributed by atoms with E-state index in [0.717, 1.165) is 54.0 Å². The second-order valence-electron chi connectivity index (χ2n) is 15.7. The first-order valence-corrected chi connectivity index (χ1v) is 21.8. The first-order chi connectivity index (χ1) is 30.7. The number of esters is 1. The van der Waals surface area contributed by atoms with Crippen LogP contribution in [-0.4, -0.2) is 83.5 Å². The molecule has 3 atom stereocenters. The van der Waals surface area contributed by atoms with Crippen LogP contribution in [0.4, 0.5) is 4.79 Å². The van der Waals surface area contributed by atoms with Gasteiger partial charge in [-0.15, -0.1) is 11.3 Å². The van der Waals surface area contributed by atoms with Crippen molar-refractivity contribution in [3.8, 4) is 11.5 Å². The number of thiophene rings is 1. The molecule has 4 aromatic carbocycles. The molecule has 6 N–H and O–H groups in total. The third-order valence-electron chi connectivity index (χ3n) is 11.4. The van der Waals surface area contributed by atoms with E-state index in [1.807, 2.05) is 60.7 Å². The number of hydrogen-bond acceptors (Lipinski definition) is 12. The molecule has 63 heavy (non-hydrogen) atoms. The summed E-state index contributed by atoms with van der Waals surface area (Å²) in [6.45, 7) is 3.88. The SMILES string of the molecule is O=C(NC(c1ccccc1)c1cccc(OCc2ccc(C(=O)OCCNC(=O)c3ccc(CNC[C@H](O)c4ccc(O)c5[nH]c(=O)ccc45)s3)cc2)c1)O[C@H]1CN2CCC1CC2. The lowest BCUT2D eigenvalue weighted by molar-refractivity contribution is -0.0336. The molecule has 0 spiro atoms. The van der Waals surface area contributed by atoms with Crippen molar-refractivity contribution in [2.24, 2.45) is 5.92 Å². The maximum Gasteiger partial charge on any atom is 0.408 e. The summed E-state index contributed by atoms with van der Waals surface area (Å²) in [6, 6.07) is 33.4. The molecule has 3 saturated heterocycles. The number of H-pyrrole nitrogens is 1. The number of benzene rings is 4. The normalized spacial score (nSPS) is 17.7. The fraction of sp³-hybridized carbons (Fsp3) is 0.292. The van der Waals surface area contributed by atoms with Gasteiger partial charge in [0.1, 0.15) is 30.8 Å². The maximum atomic E-state index is 13.2. The quantitative estimate of drug-likeness (QED) is 0.0453. The van der Waals surface area contributed by atoms with Crippen molar-refractivity contribution in [3.05, 3.63) is 163 Å². The van der Waals surface area contributed by atoms with Crippen LogP contribution >= 0.6 is 11.3 Å². The number of aliphatic hydroxyl groups excluding tert-OH is 1. The highest BCUT2D eigenvalue weighted by molar-refractivity contribution is 7.14. The second kappa shape index (κ2) is 20.1. The Hall–Kier alpha value is -6.52. The zero-order valence-electron chi connectivity index (χ0n) is 34.5. The number of aromatic nitrogens is 1. The number of aliphatic hydroxyl groups is 1. The van der Waals surface area contributed by atoms with Crippen molar-refractivity contribution in [2.75, 3.05) is 39.3 Å². The van der Waals surface area contributed by atoms with Crippen LogP contribution in [0.2, 0.25) is 0 Å². The largest absolute Gasteiger partial charge is 0.506 e. The number of aromatic amines is 1. The average Bonchev–Trinajstić information content (AvgIpc) is 3.79. The Balaban J connectivity index is 0.762. The van der Waals surface area contributed by atoms with Crippen LogP contribution < -0.4 is 26.2 Å². The van der Waals surface area contributed by atoms with Crippen LogP contribution in [0.1, 0.15) is 72.1 Å². The molecular formula is C48H49N5O9S. The predicted molar refractivity (Wildman–Crippen MR) is 238 cm³/mol. The van der Waals surface area contributed by atoms with Crippen LogP contribution in [0.3, 0.4) is 0 Å². The lowest BCUT2D eigenvalue weighted by Crippen LogP contribution is -2.52. The molecule has 326 valence electrons. The molecule has 15 heteroatoms. The number of amides is 2. The summed E-state index contributed by atoms with van der Waals surface area (Å²) in [5.74, 6) is 0.140. The highest BCUT2D eigenvalue weighted by atomic mass is 32.1. The summed E-state index contributed by atoms with van der Waals surface area (Å²) in [6.07, 6.45) is 0.666. The van der Waals surface area contributed by atoms with E-state index in [9.17, 15) is 29.4 Å². The topological polar surface area (TPSA) is 192 Å². The van der Waals surface area contributed by atoms with Gasteiger partial charge in [-0.25, -0.2) is 9.59 Å². The number of nitrogens with zero attached hydrogens (tertiary/aromatic N) is 1. The molecule has 2 aromatic heterocycles. The standard InChI is InChI=1S/C48H49N5O9S/c54-39-16-14-37(38-15-18-43(56)51-45(38)39)40(55)27-49-26-36-13-17-42(63-36)46(57)50-21-24-60-47(58)33-11-9-30(10-12-33)29-61-35-8-4-7-34(25-35)44(32-5-2-1-3-6-32)52-48(59)62-41-28-53-22-19-31(41)20-23-53/h1-18,25,31,40-41,44,49,54-55H,19-24,26-29H2,(H,50,57)(H,51,56)(H,52,59)/t40-,41-,44?/m0/s1. The number of phenolic OH excluding ortho intramolecular Hbond substituents is 1.